The quantitative estimate of drug-likeness (QED) is 0.155. The Balaban J connectivity index is 1.98. The van der Waals surface area contributed by atoms with Gasteiger partial charge in [0.25, 0.3) is 0 Å². The van der Waals surface area contributed by atoms with E-state index < -0.39 is 6.03 Å². The Morgan fingerprint density at radius 3 is 2.64 bits per heavy atom. The predicted octanol–water partition coefficient (Wildman–Crippen LogP) is 3.68. The van der Waals surface area contributed by atoms with Crippen LogP contribution in [0.25, 0.3) is 0 Å². The number of fused-ring (bicyclic) bond motifs is 1. The Morgan fingerprint density at radius 2 is 1.97 bits per heavy atom. The van der Waals surface area contributed by atoms with E-state index >= 15 is 0 Å². The summed E-state index contributed by atoms with van der Waals surface area (Å²) in [5.41, 5.74) is 5.30. The third-order valence-corrected chi connectivity index (χ3v) is 5.22. The topological polar surface area (TPSA) is 119 Å². The number of hydrogen-bond acceptors (Lipinski definition) is 7. The smallest absolute Gasteiger partial charge is 0.352 e. The third-order valence-electron chi connectivity index (χ3n) is 5.22. The lowest BCUT2D eigenvalue weighted by Gasteiger charge is -2.16. The van der Waals surface area contributed by atoms with Crippen molar-refractivity contribution in [2.75, 3.05) is 20.8 Å². The molecular formula is C24H34N6O3. The first-order valence-electron chi connectivity index (χ1n) is 10.8. The summed E-state index contributed by atoms with van der Waals surface area (Å²) in [7, 11) is 3.11. The first kappa shape index (κ1) is 25.8. The molecule has 9 nitrogen and oxygen atoms in total. The van der Waals surface area contributed by atoms with Crippen LogP contribution in [-0.2, 0) is 11.2 Å². The standard InChI is InChI=1S/C24H34N6O3/c1-6-23(28-27-21-14-13-20-19(21)11-9-12-22(20)32-5)33-16-18(3)17(2)10-7-8-15-30(26)24(31)29(4)25/h7-12,15H,6,13-14,16,25-26H2,1-5H3/b10-7-,15-8+,18-17+,27-21?,28-23-. The van der Waals surface area contributed by atoms with E-state index in [1.807, 2.05) is 39.0 Å². The van der Waals surface area contributed by atoms with Gasteiger partial charge in [0.2, 0.25) is 5.90 Å². The molecule has 0 bridgehead atoms. The summed E-state index contributed by atoms with van der Waals surface area (Å²) in [6.07, 6.45) is 9.15. The lowest BCUT2D eigenvalue weighted by Crippen LogP contribution is -2.45. The van der Waals surface area contributed by atoms with Crippen molar-refractivity contribution in [3.63, 3.8) is 0 Å². The monoisotopic (exact) mass is 454 g/mol. The number of benzene rings is 1. The second kappa shape index (κ2) is 12.6. The van der Waals surface area contributed by atoms with E-state index in [2.05, 4.69) is 16.3 Å². The maximum absolute atomic E-state index is 11.6. The molecule has 0 saturated heterocycles. The number of hydrazine groups is 2. The Kier molecular flexibility index (Phi) is 9.84. The number of nitrogens with two attached hydrogens (primary N) is 2. The van der Waals surface area contributed by atoms with E-state index in [0.29, 0.717) is 18.9 Å². The minimum atomic E-state index is -0.522. The van der Waals surface area contributed by atoms with Gasteiger partial charge in [0.15, 0.2) is 0 Å². The predicted molar refractivity (Wildman–Crippen MR) is 132 cm³/mol. The molecule has 33 heavy (non-hydrogen) atoms. The zero-order chi connectivity index (χ0) is 24.4. The molecule has 0 atom stereocenters. The van der Waals surface area contributed by atoms with Gasteiger partial charge in [-0.1, -0.05) is 31.2 Å². The second-order valence-corrected chi connectivity index (χ2v) is 7.63. The number of ether oxygens (including phenoxy) is 2. The van der Waals surface area contributed by atoms with E-state index in [0.717, 1.165) is 51.0 Å². The number of hydrogen-bond donors (Lipinski definition) is 2. The number of rotatable bonds is 8. The number of amides is 2. The summed E-state index contributed by atoms with van der Waals surface area (Å²) >= 11 is 0. The van der Waals surface area contributed by atoms with Crippen molar-refractivity contribution in [1.82, 2.24) is 10.0 Å². The molecule has 0 aliphatic heterocycles. The average Bonchev–Trinajstić information content (AvgIpc) is 3.23. The number of allylic oxidation sites excluding steroid dienone is 4. The van der Waals surface area contributed by atoms with Gasteiger partial charge >= 0.3 is 6.03 Å². The van der Waals surface area contributed by atoms with Gasteiger partial charge in [-0.25, -0.2) is 21.5 Å². The normalized spacial score (nSPS) is 15.7. The van der Waals surface area contributed by atoms with Crippen molar-refractivity contribution >= 4 is 17.6 Å². The molecule has 1 aliphatic rings. The molecular weight excluding hydrogens is 420 g/mol. The van der Waals surface area contributed by atoms with Crippen molar-refractivity contribution < 1.29 is 14.3 Å². The molecule has 0 heterocycles. The molecule has 1 aromatic carbocycles. The number of methoxy groups -OCH3 is 1. The van der Waals surface area contributed by atoms with Crippen LogP contribution in [0.2, 0.25) is 0 Å². The van der Waals surface area contributed by atoms with Gasteiger partial charge in [-0.05, 0) is 50.0 Å². The molecule has 2 amide bonds. The van der Waals surface area contributed by atoms with Crippen molar-refractivity contribution in [1.29, 1.82) is 0 Å². The van der Waals surface area contributed by atoms with Gasteiger partial charge < -0.3 is 9.47 Å². The fourth-order valence-corrected chi connectivity index (χ4v) is 3.12. The van der Waals surface area contributed by atoms with Crippen LogP contribution in [0.15, 0.2) is 64.0 Å². The molecule has 0 radical (unpaired) electrons. The summed E-state index contributed by atoms with van der Waals surface area (Å²) in [5.74, 6) is 12.4. The number of urea groups is 1. The van der Waals surface area contributed by atoms with Crippen molar-refractivity contribution in [3.05, 3.63) is 64.9 Å². The molecule has 1 aromatic rings. The molecule has 0 unspecified atom stereocenters. The Bertz CT molecular complexity index is 992. The fraction of sp³-hybridized carbons (Fsp3) is 0.375. The zero-order valence-electron chi connectivity index (χ0n) is 20.0. The van der Waals surface area contributed by atoms with Crippen LogP contribution in [0.1, 0.15) is 44.7 Å². The summed E-state index contributed by atoms with van der Waals surface area (Å²) < 4.78 is 11.3. The number of nitrogens with zero attached hydrogens (tertiary/aromatic N) is 4. The fourth-order valence-electron chi connectivity index (χ4n) is 3.12. The van der Waals surface area contributed by atoms with E-state index in [1.54, 1.807) is 19.3 Å². The number of carbonyl (C=O) groups excluding carboxylic acids is 1. The van der Waals surface area contributed by atoms with Crippen LogP contribution in [0, 0.1) is 0 Å². The summed E-state index contributed by atoms with van der Waals surface area (Å²) in [6, 6.07) is 5.47. The highest BCUT2D eigenvalue weighted by molar-refractivity contribution is 6.05. The van der Waals surface area contributed by atoms with Crippen LogP contribution < -0.4 is 16.4 Å². The molecule has 2 rings (SSSR count). The zero-order valence-corrected chi connectivity index (χ0v) is 20.0. The van der Waals surface area contributed by atoms with Gasteiger partial charge in [-0.3, -0.25) is 5.01 Å². The minimum absolute atomic E-state index is 0.404. The van der Waals surface area contributed by atoms with Gasteiger partial charge in [0.1, 0.15) is 12.4 Å². The van der Waals surface area contributed by atoms with Gasteiger partial charge in [-0.15, -0.1) is 5.10 Å². The molecule has 0 aromatic heterocycles. The molecule has 178 valence electrons. The van der Waals surface area contributed by atoms with Crippen LogP contribution in [0.5, 0.6) is 5.75 Å². The van der Waals surface area contributed by atoms with Gasteiger partial charge in [-0.2, -0.15) is 5.10 Å². The lowest BCUT2D eigenvalue weighted by molar-refractivity contribution is 0.181. The highest BCUT2D eigenvalue weighted by atomic mass is 16.5. The highest BCUT2D eigenvalue weighted by Crippen LogP contribution is 2.30. The summed E-state index contributed by atoms with van der Waals surface area (Å²) in [5, 5.41) is 10.6. The summed E-state index contributed by atoms with van der Waals surface area (Å²) in [4.78, 5) is 11.6. The summed E-state index contributed by atoms with van der Waals surface area (Å²) in [6.45, 7) is 6.36. The van der Waals surface area contributed by atoms with Crippen LogP contribution >= 0.6 is 0 Å². The molecule has 9 heteroatoms. The van der Waals surface area contributed by atoms with Crippen LogP contribution in [0.4, 0.5) is 4.79 Å². The Labute approximate surface area is 195 Å². The molecule has 0 saturated carbocycles. The molecule has 0 fully saturated rings. The van der Waals surface area contributed by atoms with Crippen molar-refractivity contribution in [2.45, 2.75) is 40.0 Å². The molecule has 0 spiro atoms. The van der Waals surface area contributed by atoms with E-state index in [-0.39, 0.29) is 0 Å². The first-order chi connectivity index (χ1) is 15.8. The first-order valence-corrected chi connectivity index (χ1v) is 10.8. The minimum Gasteiger partial charge on any atom is -0.496 e. The lowest BCUT2D eigenvalue weighted by atomic mass is 10.1. The SMILES string of the molecule is CC/C(=N/N=C1CCc2c(OC)cccc21)OC/C(C)=C(C)/C=C\C=C\N(N)C(=O)N(C)N. The second-order valence-electron chi connectivity index (χ2n) is 7.63. The van der Waals surface area contributed by atoms with Gasteiger partial charge in [0, 0.05) is 30.8 Å². The maximum atomic E-state index is 11.6. The van der Waals surface area contributed by atoms with E-state index in [9.17, 15) is 4.79 Å². The van der Waals surface area contributed by atoms with Crippen LogP contribution in [-0.4, -0.2) is 48.4 Å². The van der Waals surface area contributed by atoms with E-state index in [1.165, 1.54) is 18.8 Å². The van der Waals surface area contributed by atoms with Crippen molar-refractivity contribution in [3.8, 4) is 5.75 Å². The average molecular weight is 455 g/mol. The largest absolute Gasteiger partial charge is 0.496 e. The Hall–Kier alpha value is -3.43. The van der Waals surface area contributed by atoms with E-state index in [4.69, 9.17) is 21.2 Å². The van der Waals surface area contributed by atoms with Crippen molar-refractivity contribution in [2.24, 2.45) is 21.9 Å². The highest BCUT2D eigenvalue weighted by Gasteiger charge is 2.21. The van der Waals surface area contributed by atoms with Crippen LogP contribution in [0.3, 0.4) is 0 Å². The van der Waals surface area contributed by atoms with Gasteiger partial charge in [0.05, 0.1) is 12.8 Å². The molecule has 4 N–H and O–H groups in total. The molecule has 1 aliphatic carbocycles. The maximum Gasteiger partial charge on any atom is 0.352 e. The number of carbonyl (C=O) groups is 1. The third kappa shape index (κ3) is 7.30. The Morgan fingerprint density at radius 1 is 1.21 bits per heavy atom.